The third kappa shape index (κ3) is 2.79. The topological polar surface area (TPSA) is 67.2 Å². The van der Waals surface area contributed by atoms with Crippen LogP contribution >= 0.6 is 12.4 Å². The molecule has 1 unspecified atom stereocenters. The number of rotatable bonds is 2. The molecule has 2 heterocycles. The molecular weight excluding hydrogens is 264 g/mol. The zero-order chi connectivity index (χ0) is 11.8. The smallest absolute Gasteiger partial charge is 0.246 e. The Kier molecular flexibility index (Phi) is 4.54. The van der Waals surface area contributed by atoms with E-state index in [1.54, 1.807) is 7.05 Å². The van der Waals surface area contributed by atoms with Crippen LogP contribution in [0.15, 0.2) is 17.3 Å². The molecule has 0 radical (unpaired) electrons. The van der Waals surface area contributed by atoms with Crippen molar-refractivity contribution in [3.05, 3.63) is 12.4 Å². The van der Waals surface area contributed by atoms with Crippen molar-refractivity contribution >= 4 is 22.4 Å². The average molecular weight is 281 g/mol. The number of aryl methyl sites for hydroxylation is 1. The minimum absolute atomic E-state index is 0. The Labute approximate surface area is 107 Å². The molecule has 1 aliphatic heterocycles. The standard InChI is InChI=1S/C9H16N4O2S.ClH/c1-8-5-10-3-4-13(8)16(14,15)9-6-11-12(2)7-9;/h6-8,10H,3-5H2,1-2H3;1H. The SMILES string of the molecule is CC1CNCCN1S(=O)(=O)c1cnn(C)c1.Cl. The lowest BCUT2D eigenvalue weighted by Gasteiger charge is -2.32. The number of piperazine rings is 1. The molecule has 6 nitrogen and oxygen atoms in total. The van der Waals surface area contributed by atoms with Crippen LogP contribution in [0.3, 0.4) is 0 Å². The fourth-order valence-electron chi connectivity index (χ4n) is 1.85. The molecule has 0 saturated carbocycles. The van der Waals surface area contributed by atoms with E-state index in [9.17, 15) is 8.42 Å². The molecule has 1 N–H and O–H groups in total. The Morgan fingerprint density at radius 1 is 1.53 bits per heavy atom. The van der Waals surface area contributed by atoms with Crippen molar-refractivity contribution in [2.45, 2.75) is 17.9 Å². The number of hydrogen-bond acceptors (Lipinski definition) is 4. The van der Waals surface area contributed by atoms with Gasteiger partial charge in [-0.1, -0.05) is 0 Å². The summed E-state index contributed by atoms with van der Waals surface area (Å²) in [4.78, 5) is 0.267. The third-order valence-corrected chi connectivity index (χ3v) is 4.69. The molecule has 0 aromatic carbocycles. The number of halogens is 1. The summed E-state index contributed by atoms with van der Waals surface area (Å²) in [6, 6.07) is -0.0149. The van der Waals surface area contributed by atoms with E-state index in [2.05, 4.69) is 10.4 Å². The van der Waals surface area contributed by atoms with Crippen molar-refractivity contribution in [1.82, 2.24) is 19.4 Å². The van der Waals surface area contributed by atoms with Gasteiger partial charge in [0.25, 0.3) is 0 Å². The summed E-state index contributed by atoms with van der Waals surface area (Å²) in [6.45, 7) is 3.81. The van der Waals surface area contributed by atoms with E-state index >= 15 is 0 Å². The number of nitrogens with one attached hydrogen (secondary N) is 1. The van der Waals surface area contributed by atoms with Crippen LogP contribution in [0, 0.1) is 0 Å². The fraction of sp³-hybridized carbons (Fsp3) is 0.667. The maximum Gasteiger partial charge on any atom is 0.246 e. The molecule has 17 heavy (non-hydrogen) atoms. The van der Waals surface area contributed by atoms with Gasteiger partial charge < -0.3 is 5.32 Å². The molecule has 0 amide bonds. The van der Waals surface area contributed by atoms with Gasteiger partial charge in [-0.15, -0.1) is 12.4 Å². The molecule has 98 valence electrons. The van der Waals surface area contributed by atoms with E-state index < -0.39 is 10.0 Å². The highest BCUT2D eigenvalue weighted by atomic mass is 35.5. The van der Waals surface area contributed by atoms with E-state index in [0.717, 1.165) is 0 Å². The van der Waals surface area contributed by atoms with Gasteiger partial charge in [-0.3, -0.25) is 4.68 Å². The van der Waals surface area contributed by atoms with Crippen molar-refractivity contribution in [3.8, 4) is 0 Å². The Morgan fingerprint density at radius 3 is 2.76 bits per heavy atom. The van der Waals surface area contributed by atoms with Crippen LogP contribution in [0.2, 0.25) is 0 Å². The molecule has 0 bridgehead atoms. The van der Waals surface area contributed by atoms with Gasteiger partial charge >= 0.3 is 0 Å². The maximum absolute atomic E-state index is 12.3. The first-order valence-corrected chi connectivity index (χ1v) is 6.67. The highest BCUT2D eigenvalue weighted by Crippen LogP contribution is 2.18. The van der Waals surface area contributed by atoms with Crippen LogP contribution in [0.25, 0.3) is 0 Å². The molecule has 0 aliphatic carbocycles. The Bertz CT molecular complexity index is 473. The van der Waals surface area contributed by atoms with Crippen LogP contribution in [0.1, 0.15) is 6.92 Å². The van der Waals surface area contributed by atoms with Crippen LogP contribution in [0.4, 0.5) is 0 Å². The third-order valence-electron chi connectivity index (χ3n) is 2.73. The Morgan fingerprint density at radius 2 is 2.24 bits per heavy atom. The molecule has 1 atom stereocenters. The zero-order valence-electron chi connectivity index (χ0n) is 9.83. The van der Waals surface area contributed by atoms with Crippen LogP contribution in [0.5, 0.6) is 0 Å². The molecule has 1 saturated heterocycles. The van der Waals surface area contributed by atoms with E-state index in [4.69, 9.17) is 0 Å². The predicted octanol–water partition coefficient (Wildman–Crippen LogP) is -0.176. The normalized spacial score (nSPS) is 22.1. The van der Waals surface area contributed by atoms with Crippen molar-refractivity contribution in [2.24, 2.45) is 7.05 Å². The lowest BCUT2D eigenvalue weighted by molar-refractivity contribution is 0.284. The first-order chi connectivity index (χ1) is 7.51. The highest BCUT2D eigenvalue weighted by molar-refractivity contribution is 7.89. The zero-order valence-corrected chi connectivity index (χ0v) is 11.5. The van der Waals surface area contributed by atoms with E-state index in [0.29, 0.717) is 19.6 Å². The summed E-state index contributed by atoms with van der Waals surface area (Å²) in [7, 11) is -1.67. The van der Waals surface area contributed by atoms with Gasteiger partial charge in [0.2, 0.25) is 10.0 Å². The number of aromatic nitrogens is 2. The average Bonchev–Trinajstić information content (AvgIpc) is 2.66. The molecule has 2 rings (SSSR count). The monoisotopic (exact) mass is 280 g/mol. The van der Waals surface area contributed by atoms with Gasteiger partial charge in [0.1, 0.15) is 4.90 Å². The van der Waals surface area contributed by atoms with Gasteiger partial charge in [-0.2, -0.15) is 9.40 Å². The summed E-state index contributed by atoms with van der Waals surface area (Å²) in [5.74, 6) is 0. The van der Waals surface area contributed by atoms with Crippen LogP contribution in [-0.4, -0.2) is 48.2 Å². The summed E-state index contributed by atoms with van der Waals surface area (Å²) in [5, 5.41) is 7.06. The summed E-state index contributed by atoms with van der Waals surface area (Å²) in [6.07, 6.45) is 2.92. The second kappa shape index (κ2) is 5.34. The molecule has 8 heteroatoms. The first-order valence-electron chi connectivity index (χ1n) is 5.23. The second-order valence-corrected chi connectivity index (χ2v) is 5.91. The molecule has 1 aromatic rings. The number of nitrogens with zero attached hydrogens (tertiary/aromatic N) is 3. The fourth-order valence-corrected chi connectivity index (χ4v) is 3.46. The minimum Gasteiger partial charge on any atom is -0.314 e. The summed E-state index contributed by atoms with van der Waals surface area (Å²) >= 11 is 0. The van der Waals surface area contributed by atoms with E-state index in [1.165, 1.54) is 21.4 Å². The second-order valence-electron chi connectivity index (χ2n) is 4.02. The van der Waals surface area contributed by atoms with Gasteiger partial charge in [-0.05, 0) is 6.92 Å². The maximum atomic E-state index is 12.3. The lowest BCUT2D eigenvalue weighted by atomic mass is 10.3. The molecule has 1 aliphatic rings. The van der Waals surface area contributed by atoms with Gasteiger partial charge in [0.15, 0.2) is 0 Å². The Balaban J connectivity index is 0.00000144. The molecule has 1 aromatic heterocycles. The largest absolute Gasteiger partial charge is 0.314 e. The number of hydrogen-bond donors (Lipinski definition) is 1. The molecule has 1 fully saturated rings. The molecule has 0 spiro atoms. The molecular formula is C9H17ClN4O2S. The van der Waals surface area contributed by atoms with E-state index in [1.807, 2.05) is 6.92 Å². The van der Waals surface area contributed by atoms with Crippen molar-refractivity contribution in [1.29, 1.82) is 0 Å². The van der Waals surface area contributed by atoms with Crippen LogP contribution in [-0.2, 0) is 17.1 Å². The summed E-state index contributed by atoms with van der Waals surface area (Å²) < 4.78 is 27.5. The van der Waals surface area contributed by atoms with Gasteiger partial charge in [0.05, 0.1) is 6.20 Å². The van der Waals surface area contributed by atoms with Crippen molar-refractivity contribution in [3.63, 3.8) is 0 Å². The van der Waals surface area contributed by atoms with Crippen molar-refractivity contribution < 1.29 is 8.42 Å². The van der Waals surface area contributed by atoms with Crippen molar-refractivity contribution in [2.75, 3.05) is 19.6 Å². The van der Waals surface area contributed by atoms with E-state index in [-0.39, 0.29) is 23.3 Å². The van der Waals surface area contributed by atoms with Gasteiger partial charge in [0, 0.05) is 38.9 Å². The van der Waals surface area contributed by atoms with Crippen LogP contribution < -0.4 is 5.32 Å². The number of sulfonamides is 1. The lowest BCUT2D eigenvalue weighted by Crippen LogP contribution is -2.52. The summed E-state index contributed by atoms with van der Waals surface area (Å²) in [5.41, 5.74) is 0. The first kappa shape index (κ1) is 14.4. The highest BCUT2D eigenvalue weighted by Gasteiger charge is 2.31. The quantitative estimate of drug-likeness (QED) is 0.816. The predicted molar refractivity (Wildman–Crippen MR) is 66.7 cm³/mol. The Hall–Kier alpha value is -0.630. The minimum atomic E-state index is -3.38. The van der Waals surface area contributed by atoms with Gasteiger partial charge in [-0.25, -0.2) is 8.42 Å².